The molecule has 24 heavy (non-hydrogen) atoms. The molecule has 0 bridgehead atoms. The van der Waals surface area contributed by atoms with Crippen molar-refractivity contribution in [1.29, 1.82) is 0 Å². The lowest BCUT2D eigenvalue weighted by molar-refractivity contribution is 0.0805. The maximum absolute atomic E-state index is 10.2. The van der Waals surface area contributed by atoms with Gasteiger partial charge >= 0.3 is 0 Å². The van der Waals surface area contributed by atoms with E-state index in [0.29, 0.717) is 13.1 Å². The summed E-state index contributed by atoms with van der Waals surface area (Å²) in [6, 6.07) is 10.0. The van der Waals surface area contributed by atoms with Crippen molar-refractivity contribution in [3.05, 3.63) is 42.7 Å². The second-order valence-corrected chi connectivity index (χ2v) is 6.35. The first-order valence-corrected chi connectivity index (χ1v) is 8.50. The molecule has 0 aliphatic carbocycles. The molecule has 2 atom stereocenters. The Balaban J connectivity index is 1.54. The summed E-state index contributed by atoms with van der Waals surface area (Å²) in [4.78, 5) is 4.47. The molecule has 1 aromatic carbocycles. The van der Waals surface area contributed by atoms with Gasteiger partial charge in [-0.1, -0.05) is 12.1 Å². The average Bonchev–Trinajstić information content (AvgIpc) is 3.06. The van der Waals surface area contributed by atoms with Gasteiger partial charge in [0, 0.05) is 32.0 Å². The summed E-state index contributed by atoms with van der Waals surface area (Å²) >= 11 is 0. The first-order chi connectivity index (χ1) is 11.7. The zero-order valence-corrected chi connectivity index (χ0v) is 14.4. The fourth-order valence-corrected chi connectivity index (χ4v) is 3.24. The highest BCUT2D eigenvalue weighted by atomic mass is 16.5. The predicted octanol–water partition coefficient (Wildman–Crippen LogP) is 1.46. The third-order valence-electron chi connectivity index (χ3n) is 4.30. The number of fused-ring (bicyclic) bond motifs is 1. The number of rotatable bonds is 7. The van der Waals surface area contributed by atoms with Crippen LogP contribution in [-0.2, 0) is 6.54 Å². The van der Waals surface area contributed by atoms with Gasteiger partial charge in [-0.2, -0.15) is 5.10 Å². The average molecular weight is 330 g/mol. The molecule has 0 amide bonds. The number of aliphatic hydroxyl groups is 1. The zero-order chi connectivity index (χ0) is 16.9. The van der Waals surface area contributed by atoms with Crippen LogP contribution in [0.4, 0.5) is 5.69 Å². The number of para-hydroxylation sites is 2. The Morgan fingerprint density at radius 1 is 1.38 bits per heavy atom. The van der Waals surface area contributed by atoms with E-state index in [0.717, 1.165) is 31.1 Å². The molecule has 2 aromatic rings. The van der Waals surface area contributed by atoms with E-state index in [1.165, 1.54) is 0 Å². The van der Waals surface area contributed by atoms with E-state index < -0.39 is 6.10 Å². The Bertz CT molecular complexity index is 632. The van der Waals surface area contributed by atoms with Gasteiger partial charge in [-0.15, -0.1) is 0 Å². The van der Waals surface area contributed by atoms with E-state index in [4.69, 9.17) is 4.74 Å². The monoisotopic (exact) mass is 330 g/mol. The largest absolute Gasteiger partial charge is 0.485 e. The second kappa shape index (κ2) is 7.68. The summed E-state index contributed by atoms with van der Waals surface area (Å²) in [6.07, 6.45) is 3.24. The summed E-state index contributed by atoms with van der Waals surface area (Å²) in [7, 11) is 2.02. The maximum atomic E-state index is 10.2. The first-order valence-electron chi connectivity index (χ1n) is 8.50. The van der Waals surface area contributed by atoms with E-state index in [-0.39, 0.29) is 6.10 Å². The summed E-state index contributed by atoms with van der Waals surface area (Å²) in [5.74, 6) is 0.945. The standard InChI is InChI=1S/C18H26N4O2/c1-3-21-14-16(24-18-8-5-4-7-17(18)21)13-20(2)11-15(23)12-22-10-6-9-19-22/h4-10,15-16,23H,3,11-14H2,1-2H3. The first kappa shape index (κ1) is 16.8. The molecular weight excluding hydrogens is 304 g/mol. The van der Waals surface area contributed by atoms with Crippen molar-refractivity contribution < 1.29 is 9.84 Å². The molecule has 6 heteroatoms. The number of aliphatic hydroxyl groups excluding tert-OH is 1. The van der Waals surface area contributed by atoms with Gasteiger partial charge in [-0.3, -0.25) is 9.58 Å². The molecule has 2 heterocycles. The van der Waals surface area contributed by atoms with Crippen LogP contribution in [0.2, 0.25) is 0 Å². The number of ether oxygens (including phenoxy) is 1. The van der Waals surface area contributed by atoms with Crippen LogP contribution in [0.5, 0.6) is 5.75 Å². The van der Waals surface area contributed by atoms with Crippen LogP contribution >= 0.6 is 0 Å². The minimum absolute atomic E-state index is 0.0988. The second-order valence-electron chi connectivity index (χ2n) is 6.35. The maximum Gasteiger partial charge on any atom is 0.143 e. The minimum Gasteiger partial charge on any atom is -0.485 e. The lowest BCUT2D eigenvalue weighted by Crippen LogP contribution is -2.47. The molecule has 130 valence electrons. The third kappa shape index (κ3) is 4.07. The molecule has 0 radical (unpaired) electrons. The van der Waals surface area contributed by atoms with Crippen molar-refractivity contribution in [2.45, 2.75) is 25.7 Å². The van der Waals surface area contributed by atoms with Gasteiger partial charge in [0.25, 0.3) is 0 Å². The van der Waals surface area contributed by atoms with Crippen LogP contribution in [0.25, 0.3) is 0 Å². The van der Waals surface area contributed by atoms with E-state index >= 15 is 0 Å². The summed E-state index contributed by atoms with van der Waals surface area (Å²) in [5, 5.41) is 14.4. The van der Waals surface area contributed by atoms with Crippen LogP contribution < -0.4 is 9.64 Å². The van der Waals surface area contributed by atoms with Crippen LogP contribution in [0, 0.1) is 0 Å². The van der Waals surface area contributed by atoms with E-state index in [1.807, 2.05) is 37.5 Å². The molecule has 0 saturated heterocycles. The number of hydrogen-bond acceptors (Lipinski definition) is 5. The Labute approximate surface area is 143 Å². The van der Waals surface area contributed by atoms with Gasteiger partial charge in [0.2, 0.25) is 0 Å². The highest BCUT2D eigenvalue weighted by Gasteiger charge is 2.25. The fourth-order valence-electron chi connectivity index (χ4n) is 3.24. The zero-order valence-electron chi connectivity index (χ0n) is 14.4. The van der Waals surface area contributed by atoms with Crippen molar-refractivity contribution in [2.75, 3.05) is 38.1 Å². The van der Waals surface area contributed by atoms with Crippen molar-refractivity contribution in [1.82, 2.24) is 14.7 Å². The topological polar surface area (TPSA) is 53.8 Å². The summed E-state index contributed by atoms with van der Waals surface area (Å²) in [5.41, 5.74) is 1.16. The van der Waals surface area contributed by atoms with Crippen LogP contribution in [0.3, 0.4) is 0 Å². The van der Waals surface area contributed by atoms with Gasteiger partial charge in [0.15, 0.2) is 0 Å². The molecule has 3 rings (SSSR count). The fraction of sp³-hybridized carbons (Fsp3) is 0.500. The molecule has 0 fully saturated rings. The number of hydrogen-bond donors (Lipinski definition) is 1. The molecule has 1 aliphatic heterocycles. The van der Waals surface area contributed by atoms with Crippen molar-refractivity contribution in [3.63, 3.8) is 0 Å². The van der Waals surface area contributed by atoms with Gasteiger partial charge in [-0.05, 0) is 32.2 Å². The van der Waals surface area contributed by atoms with Crippen LogP contribution in [0.1, 0.15) is 6.92 Å². The molecule has 0 spiro atoms. The van der Waals surface area contributed by atoms with Gasteiger partial charge in [0.1, 0.15) is 11.9 Å². The Morgan fingerprint density at radius 3 is 2.96 bits per heavy atom. The van der Waals surface area contributed by atoms with Gasteiger partial charge < -0.3 is 14.7 Å². The number of aromatic nitrogens is 2. The lowest BCUT2D eigenvalue weighted by Gasteiger charge is -2.37. The SMILES string of the molecule is CCN1CC(CN(C)CC(O)Cn2cccn2)Oc2ccccc21. The summed E-state index contributed by atoms with van der Waals surface area (Å²) < 4.78 is 7.89. The molecule has 1 aromatic heterocycles. The number of nitrogens with zero attached hydrogens (tertiary/aromatic N) is 4. The van der Waals surface area contributed by atoms with Crippen LogP contribution in [0.15, 0.2) is 42.7 Å². The van der Waals surface area contributed by atoms with Crippen molar-refractivity contribution in [3.8, 4) is 5.75 Å². The third-order valence-corrected chi connectivity index (χ3v) is 4.30. The van der Waals surface area contributed by atoms with Crippen molar-refractivity contribution in [2.24, 2.45) is 0 Å². The van der Waals surface area contributed by atoms with Crippen LogP contribution in [-0.4, -0.2) is 65.2 Å². The van der Waals surface area contributed by atoms with Gasteiger partial charge in [-0.25, -0.2) is 0 Å². The molecule has 1 N–H and O–H groups in total. The highest BCUT2D eigenvalue weighted by molar-refractivity contribution is 5.60. The number of likely N-dealkylation sites (N-methyl/N-ethyl adjacent to an activating group) is 2. The lowest BCUT2D eigenvalue weighted by atomic mass is 10.1. The Kier molecular flexibility index (Phi) is 5.37. The highest BCUT2D eigenvalue weighted by Crippen LogP contribution is 2.32. The number of anilines is 1. The Morgan fingerprint density at radius 2 is 2.21 bits per heavy atom. The minimum atomic E-state index is -0.451. The summed E-state index contributed by atoms with van der Waals surface area (Å²) in [6.45, 7) is 5.87. The molecule has 6 nitrogen and oxygen atoms in total. The van der Waals surface area contributed by atoms with E-state index in [1.54, 1.807) is 10.9 Å². The predicted molar refractivity (Wildman–Crippen MR) is 94.5 cm³/mol. The van der Waals surface area contributed by atoms with E-state index in [9.17, 15) is 5.11 Å². The number of benzene rings is 1. The molecule has 1 aliphatic rings. The Hall–Kier alpha value is -2.05. The normalized spacial score (nSPS) is 18.3. The van der Waals surface area contributed by atoms with Gasteiger partial charge in [0.05, 0.1) is 24.9 Å². The quantitative estimate of drug-likeness (QED) is 0.833. The smallest absolute Gasteiger partial charge is 0.143 e. The van der Waals surface area contributed by atoms with E-state index in [2.05, 4.69) is 27.9 Å². The van der Waals surface area contributed by atoms with Crippen molar-refractivity contribution >= 4 is 5.69 Å². The molecule has 0 saturated carbocycles. The molecule has 2 unspecified atom stereocenters. The molecular formula is C18H26N4O2.